The summed E-state index contributed by atoms with van der Waals surface area (Å²) in [5, 5.41) is 7.38. The quantitative estimate of drug-likeness (QED) is 0.855. The molecule has 4 nitrogen and oxygen atoms in total. The zero-order valence-corrected chi connectivity index (χ0v) is 12.6. The van der Waals surface area contributed by atoms with Crippen LogP contribution in [0.4, 0.5) is 5.95 Å². The predicted octanol–water partition coefficient (Wildman–Crippen LogP) is 3.56. The summed E-state index contributed by atoms with van der Waals surface area (Å²) in [6, 6.07) is 10.2. The number of hydrogen-bond acceptors (Lipinski definition) is 3. The van der Waals surface area contributed by atoms with Gasteiger partial charge in [0.15, 0.2) is 0 Å². The highest BCUT2D eigenvalue weighted by Gasteiger charge is 2.23. The van der Waals surface area contributed by atoms with Crippen LogP contribution in [0.5, 0.6) is 0 Å². The van der Waals surface area contributed by atoms with Crippen molar-refractivity contribution in [1.82, 2.24) is 14.8 Å². The second-order valence-electron chi connectivity index (χ2n) is 5.34. The second kappa shape index (κ2) is 5.79. The Bertz CT molecular complexity index is 612. The molecular formula is C15H20N4S. The predicted molar refractivity (Wildman–Crippen MR) is 84.0 cm³/mol. The van der Waals surface area contributed by atoms with Gasteiger partial charge in [-0.3, -0.25) is 4.57 Å². The molecule has 1 heterocycles. The average molecular weight is 288 g/mol. The summed E-state index contributed by atoms with van der Waals surface area (Å²) in [5.74, 6) is 1.74. The molecule has 1 aliphatic carbocycles. The molecule has 0 aliphatic heterocycles. The van der Waals surface area contributed by atoms with E-state index in [1.54, 1.807) is 0 Å². The maximum atomic E-state index is 5.40. The molecule has 1 aliphatic rings. The van der Waals surface area contributed by atoms with Gasteiger partial charge in [-0.2, -0.15) is 0 Å². The van der Waals surface area contributed by atoms with E-state index in [1.807, 2.05) is 22.8 Å². The highest BCUT2D eigenvalue weighted by Crippen LogP contribution is 2.29. The van der Waals surface area contributed by atoms with Crippen molar-refractivity contribution in [3.05, 3.63) is 35.1 Å². The van der Waals surface area contributed by atoms with Crippen LogP contribution in [0.3, 0.4) is 0 Å². The number of nitrogens with zero attached hydrogens (tertiary/aromatic N) is 3. The number of hydrogen-bond donors (Lipinski definition) is 1. The number of rotatable bonds is 5. The zero-order valence-electron chi connectivity index (χ0n) is 11.7. The van der Waals surface area contributed by atoms with Crippen LogP contribution in [0.15, 0.2) is 30.3 Å². The fourth-order valence-electron chi connectivity index (χ4n) is 2.65. The van der Waals surface area contributed by atoms with Crippen LogP contribution in [0, 0.1) is 10.7 Å². The minimum atomic E-state index is 0.651. The van der Waals surface area contributed by atoms with Crippen LogP contribution in [0.2, 0.25) is 0 Å². The topological polar surface area (TPSA) is 36.9 Å². The van der Waals surface area contributed by atoms with Gasteiger partial charge in [0.05, 0.1) is 5.69 Å². The molecule has 3 rings (SSSR count). The van der Waals surface area contributed by atoms with E-state index in [0.717, 1.165) is 30.6 Å². The van der Waals surface area contributed by atoms with Crippen molar-refractivity contribution >= 4 is 18.2 Å². The van der Waals surface area contributed by atoms with E-state index in [9.17, 15) is 0 Å². The molecule has 0 saturated heterocycles. The van der Waals surface area contributed by atoms with E-state index in [1.165, 1.54) is 19.3 Å². The van der Waals surface area contributed by atoms with Crippen molar-refractivity contribution in [2.45, 2.75) is 26.2 Å². The van der Waals surface area contributed by atoms with Crippen molar-refractivity contribution in [2.24, 2.45) is 5.92 Å². The molecule has 1 aromatic heterocycles. The summed E-state index contributed by atoms with van der Waals surface area (Å²) in [6.45, 7) is 4.19. The van der Waals surface area contributed by atoms with Crippen LogP contribution in [-0.4, -0.2) is 27.9 Å². The summed E-state index contributed by atoms with van der Waals surface area (Å²) in [4.78, 5) is 2.32. The number of para-hydroxylation sites is 1. The fraction of sp³-hybridized carbons (Fsp3) is 0.467. The molecule has 106 valence electrons. The summed E-state index contributed by atoms with van der Waals surface area (Å²) in [5.41, 5.74) is 1.06. The smallest absolute Gasteiger partial charge is 0.230 e. The normalized spacial score (nSPS) is 15.1. The lowest BCUT2D eigenvalue weighted by Crippen LogP contribution is -2.34. The highest BCUT2D eigenvalue weighted by atomic mass is 32.1. The Kier molecular flexibility index (Phi) is 3.87. The van der Waals surface area contributed by atoms with Gasteiger partial charge in [0.2, 0.25) is 10.7 Å². The van der Waals surface area contributed by atoms with Crippen molar-refractivity contribution in [1.29, 1.82) is 0 Å². The van der Waals surface area contributed by atoms with Gasteiger partial charge in [-0.25, -0.2) is 5.10 Å². The Hall–Kier alpha value is -1.62. The number of nitrogens with one attached hydrogen (secondary N) is 1. The van der Waals surface area contributed by atoms with Gasteiger partial charge in [-0.15, -0.1) is 5.10 Å². The standard InChI is InChI=1S/C15H20N4S/c1-2-18(11-12-7-6-8-12)14-16-17-15(20)19(14)13-9-4-3-5-10-13/h3-5,9-10,12H,2,6-8,11H2,1H3,(H,17,20). The first kappa shape index (κ1) is 13.4. The monoisotopic (exact) mass is 288 g/mol. The molecule has 20 heavy (non-hydrogen) atoms. The van der Waals surface area contributed by atoms with Gasteiger partial charge in [0.25, 0.3) is 0 Å². The lowest BCUT2D eigenvalue weighted by molar-refractivity contribution is 0.317. The van der Waals surface area contributed by atoms with E-state index in [2.05, 4.69) is 34.2 Å². The molecular weight excluding hydrogens is 268 g/mol. The molecule has 5 heteroatoms. The Balaban J connectivity index is 1.94. The number of benzene rings is 1. The molecule has 0 atom stereocenters. The van der Waals surface area contributed by atoms with Gasteiger partial charge < -0.3 is 4.90 Å². The Morgan fingerprint density at radius 2 is 2.10 bits per heavy atom. The SMILES string of the molecule is CCN(CC1CCC1)c1n[nH]c(=S)n1-c1ccccc1. The van der Waals surface area contributed by atoms with E-state index >= 15 is 0 Å². The number of anilines is 1. The Morgan fingerprint density at radius 1 is 1.35 bits per heavy atom. The van der Waals surface area contributed by atoms with Gasteiger partial charge in [-0.05, 0) is 50.0 Å². The number of H-pyrrole nitrogens is 1. The maximum absolute atomic E-state index is 5.40. The lowest BCUT2D eigenvalue weighted by atomic mass is 9.85. The first-order valence-electron chi connectivity index (χ1n) is 7.27. The molecule has 0 spiro atoms. The summed E-state index contributed by atoms with van der Waals surface area (Å²) in [7, 11) is 0. The molecule has 1 N–H and O–H groups in total. The highest BCUT2D eigenvalue weighted by molar-refractivity contribution is 7.71. The summed E-state index contributed by atoms with van der Waals surface area (Å²) in [6.07, 6.45) is 4.05. The molecule has 0 amide bonds. The van der Waals surface area contributed by atoms with Gasteiger partial charge in [-0.1, -0.05) is 24.6 Å². The Labute approximate surface area is 124 Å². The molecule has 0 radical (unpaired) electrons. The van der Waals surface area contributed by atoms with E-state index < -0.39 is 0 Å². The van der Waals surface area contributed by atoms with Crippen molar-refractivity contribution < 1.29 is 0 Å². The largest absolute Gasteiger partial charge is 0.341 e. The third kappa shape index (κ3) is 2.50. The third-order valence-corrected chi connectivity index (χ3v) is 4.31. The maximum Gasteiger partial charge on any atom is 0.230 e. The minimum Gasteiger partial charge on any atom is -0.341 e. The zero-order chi connectivity index (χ0) is 13.9. The lowest BCUT2D eigenvalue weighted by Gasteiger charge is -2.32. The Morgan fingerprint density at radius 3 is 2.70 bits per heavy atom. The van der Waals surface area contributed by atoms with Crippen LogP contribution >= 0.6 is 12.2 Å². The molecule has 1 aromatic carbocycles. The fourth-order valence-corrected chi connectivity index (χ4v) is 2.88. The first-order chi connectivity index (χ1) is 9.79. The molecule has 0 unspecified atom stereocenters. The van der Waals surface area contributed by atoms with Crippen LogP contribution < -0.4 is 4.90 Å². The first-order valence-corrected chi connectivity index (χ1v) is 7.68. The summed E-state index contributed by atoms with van der Waals surface area (Å²) >= 11 is 5.40. The van der Waals surface area contributed by atoms with Crippen LogP contribution in [0.1, 0.15) is 26.2 Å². The van der Waals surface area contributed by atoms with Crippen molar-refractivity contribution in [3.8, 4) is 5.69 Å². The minimum absolute atomic E-state index is 0.651. The summed E-state index contributed by atoms with van der Waals surface area (Å²) < 4.78 is 2.68. The van der Waals surface area contributed by atoms with E-state index in [0.29, 0.717) is 4.77 Å². The van der Waals surface area contributed by atoms with Gasteiger partial charge in [0.1, 0.15) is 0 Å². The van der Waals surface area contributed by atoms with Gasteiger partial charge >= 0.3 is 0 Å². The van der Waals surface area contributed by atoms with Gasteiger partial charge in [0, 0.05) is 13.1 Å². The third-order valence-electron chi connectivity index (χ3n) is 4.04. The molecule has 0 bridgehead atoms. The number of aromatic amines is 1. The van der Waals surface area contributed by atoms with E-state index in [4.69, 9.17) is 12.2 Å². The average Bonchev–Trinajstić information content (AvgIpc) is 2.81. The van der Waals surface area contributed by atoms with Crippen molar-refractivity contribution in [3.63, 3.8) is 0 Å². The van der Waals surface area contributed by atoms with Crippen LogP contribution in [0.25, 0.3) is 5.69 Å². The molecule has 1 saturated carbocycles. The van der Waals surface area contributed by atoms with E-state index in [-0.39, 0.29) is 0 Å². The number of aromatic nitrogens is 3. The molecule has 2 aromatic rings. The molecule has 1 fully saturated rings. The van der Waals surface area contributed by atoms with Crippen LogP contribution in [-0.2, 0) is 0 Å². The second-order valence-corrected chi connectivity index (χ2v) is 5.72. The van der Waals surface area contributed by atoms with Crippen molar-refractivity contribution in [2.75, 3.05) is 18.0 Å².